The summed E-state index contributed by atoms with van der Waals surface area (Å²) in [6.07, 6.45) is 7.04. The second-order valence-corrected chi connectivity index (χ2v) is 6.49. The van der Waals surface area contributed by atoms with Crippen LogP contribution in [0.3, 0.4) is 0 Å². The van der Waals surface area contributed by atoms with E-state index in [-0.39, 0.29) is 12.0 Å². The number of rotatable bonds is 6. The second-order valence-electron chi connectivity index (χ2n) is 6.49. The molecule has 0 spiro atoms. The lowest BCUT2D eigenvalue weighted by Crippen LogP contribution is -2.22. The van der Waals surface area contributed by atoms with Crippen molar-refractivity contribution in [2.75, 3.05) is 12.4 Å². The SMILES string of the molecule is CON=Cc1ccc(Nc2nn(C3CCCCC3C#N)cc2C(N)=O)cc1. The molecule has 1 aliphatic carbocycles. The highest BCUT2D eigenvalue weighted by Gasteiger charge is 2.28. The summed E-state index contributed by atoms with van der Waals surface area (Å²) in [6, 6.07) is 9.74. The van der Waals surface area contributed by atoms with Crippen LogP contribution in [0, 0.1) is 17.2 Å². The number of amides is 1. The van der Waals surface area contributed by atoms with E-state index in [1.165, 1.54) is 7.11 Å². The van der Waals surface area contributed by atoms with Crippen molar-refractivity contribution in [2.45, 2.75) is 31.7 Å². The number of carbonyl (C=O) groups is 1. The fourth-order valence-corrected chi connectivity index (χ4v) is 3.32. The predicted molar refractivity (Wildman–Crippen MR) is 102 cm³/mol. The number of hydrogen-bond donors (Lipinski definition) is 2. The summed E-state index contributed by atoms with van der Waals surface area (Å²) in [5, 5.41) is 20.8. The minimum absolute atomic E-state index is 0.0370. The third-order valence-electron chi connectivity index (χ3n) is 4.71. The molecule has 0 saturated heterocycles. The van der Waals surface area contributed by atoms with E-state index in [4.69, 9.17) is 5.73 Å². The number of oxime groups is 1. The molecule has 1 aromatic heterocycles. The van der Waals surface area contributed by atoms with E-state index in [9.17, 15) is 10.1 Å². The molecular formula is C19H22N6O2. The van der Waals surface area contributed by atoms with Crippen LogP contribution in [0.25, 0.3) is 0 Å². The number of hydrogen-bond acceptors (Lipinski definition) is 6. The maximum Gasteiger partial charge on any atom is 0.254 e. The van der Waals surface area contributed by atoms with Crippen molar-refractivity contribution < 1.29 is 9.63 Å². The van der Waals surface area contributed by atoms with Crippen LogP contribution in [0.2, 0.25) is 0 Å². The van der Waals surface area contributed by atoms with Gasteiger partial charge in [0.2, 0.25) is 0 Å². The molecule has 140 valence electrons. The van der Waals surface area contributed by atoms with Gasteiger partial charge in [0.05, 0.1) is 24.2 Å². The Morgan fingerprint density at radius 1 is 1.41 bits per heavy atom. The lowest BCUT2D eigenvalue weighted by molar-refractivity contribution is 0.100. The summed E-state index contributed by atoms with van der Waals surface area (Å²) in [4.78, 5) is 16.5. The Labute approximate surface area is 157 Å². The summed E-state index contributed by atoms with van der Waals surface area (Å²) < 4.78 is 1.72. The van der Waals surface area contributed by atoms with Crippen molar-refractivity contribution in [3.63, 3.8) is 0 Å². The second kappa shape index (κ2) is 8.36. The van der Waals surface area contributed by atoms with Crippen molar-refractivity contribution >= 4 is 23.6 Å². The van der Waals surface area contributed by atoms with Gasteiger partial charge in [-0.25, -0.2) is 0 Å². The van der Waals surface area contributed by atoms with Crippen LogP contribution in [0.4, 0.5) is 11.5 Å². The number of nitrogens with two attached hydrogens (primary N) is 1. The van der Waals surface area contributed by atoms with Crippen LogP contribution >= 0.6 is 0 Å². The van der Waals surface area contributed by atoms with Gasteiger partial charge in [-0.1, -0.05) is 30.1 Å². The Kier molecular flexibility index (Phi) is 5.71. The quantitative estimate of drug-likeness (QED) is 0.602. The first kappa shape index (κ1) is 18.5. The van der Waals surface area contributed by atoms with E-state index >= 15 is 0 Å². The van der Waals surface area contributed by atoms with E-state index in [2.05, 4.69) is 26.5 Å². The van der Waals surface area contributed by atoms with E-state index in [1.807, 2.05) is 24.3 Å². The average Bonchev–Trinajstić information content (AvgIpc) is 3.11. The van der Waals surface area contributed by atoms with Gasteiger partial charge >= 0.3 is 0 Å². The zero-order chi connectivity index (χ0) is 19.2. The number of primary amides is 1. The maximum absolute atomic E-state index is 11.9. The molecule has 2 aromatic rings. The first-order valence-corrected chi connectivity index (χ1v) is 8.84. The Morgan fingerprint density at radius 3 is 2.81 bits per heavy atom. The molecule has 1 heterocycles. The van der Waals surface area contributed by atoms with E-state index < -0.39 is 5.91 Å². The molecule has 1 aromatic carbocycles. The summed E-state index contributed by atoms with van der Waals surface area (Å²) in [5.41, 5.74) is 7.48. The Bertz CT molecular complexity index is 865. The van der Waals surface area contributed by atoms with Crippen LogP contribution in [-0.4, -0.2) is 29.0 Å². The molecule has 1 amide bonds. The van der Waals surface area contributed by atoms with E-state index in [0.29, 0.717) is 11.4 Å². The zero-order valence-electron chi connectivity index (χ0n) is 15.1. The number of nitrogens with one attached hydrogen (secondary N) is 1. The number of nitriles is 1. The molecule has 2 atom stereocenters. The molecule has 8 nitrogen and oxygen atoms in total. The van der Waals surface area contributed by atoms with Crippen molar-refractivity contribution in [1.82, 2.24) is 9.78 Å². The first-order valence-electron chi connectivity index (χ1n) is 8.84. The molecule has 3 rings (SSSR count). The third kappa shape index (κ3) is 4.26. The molecule has 0 aliphatic heterocycles. The summed E-state index contributed by atoms with van der Waals surface area (Å²) in [7, 11) is 1.48. The molecule has 0 radical (unpaired) electrons. The molecule has 1 fully saturated rings. The zero-order valence-corrected chi connectivity index (χ0v) is 15.1. The Hall–Kier alpha value is -3.34. The van der Waals surface area contributed by atoms with Crippen molar-refractivity contribution in [1.29, 1.82) is 5.26 Å². The molecule has 1 saturated carbocycles. The molecular weight excluding hydrogens is 344 g/mol. The van der Waals surface area contributed by atoms with Crippen LogP contribution in [0.1, 0.15) is 47.6 Å². The predicted octanol–water partition coefficient (Wildman–Crippen LogP) is 2.96. The number of benzene rings is 1. The highest BCUT2D eigenvalue weighted by molar-refractivity contribution is 5.98. The minimum Gasteiger partial charge on any atom is -0.399 e. The molecule has 27 heavy (non-hydrogen) atoms. The monoisotopic (exact) mass is 366 g/mol. The summed E-state index contributed by atoms with van der Waals surface area (Å²) in [6.45, 7) is 0. The third-order valence-corrected chi connectivity index (χ3v) is 4.71. The van der Waals surface area contributed by atoms with E-state index in [1.54, 1.807) is 17.1 Å². The van der Waals surface area contributed by atoms with Gasteiger partial charge in [-0.15, -0.1) is 0 Å². The van der Waals surface area contributed by atoms with Crippen molar-refractivity contribution in [3.05, 3.63) is 41.6 Å². The van der Waals surface area contributed by atoms with Crippen LogP contribution in [0.5, 0.6) is 0 Å². The van der Waals surface area contributed by atoms with E-state index in [0.717, 1.165) is 36.9 Å². The summed E-state index contributed by atoms with van der Waals surface area (Å²) in [5.74, 6) is -0.272. The van der Waals surface area contributed by atoms with Crippen molar-refractivity contribution in [2.24, 2.45) is 16.8 Å². The topological polar surface area (TPSA) is 118 Å². The lowest BCUT2D eigenvalue weighted by atomic mass is 9.85. The molecule has 3 N–H and O–H groups in total. The number of anilines is 2. The fourth-order valence-electron chi connectivity index (χ4n) is 3.32. The van der Waals surface area contributed by atoms with Gasteiger partial charge in [0.25, 0.3) is 5.91 Å². The smallest absolute Gasteiger partial charge is 0.254 e. The van der Waals surface area contributed by atoms with Gasteiger partial charge in [-0.2, -0.15) is 10.4 Å². The largest absolute Gasteiger partial charge is 0.399 e. The van der Waals surface area contributed by atoms with Gasteiger partial charge in [-0.05, 0) is 30.5 Å². The standard InChI is InChI=1S/C19H22N6O2/c1-27-22-11-13-6-8-15(9-7-13)23-19-16(18(21)26)12-25(24-19)17-5-3-2-4-14(17)10-20/h6-9,11-12,14,17H,2-5H2,1H3,(H2,21,26)(H,23,24). The number of aromatic nitrogens is 2. The normalized spacial score (nSPS) is 19.6. The molecule has 0 bridgehead atoms. The van der Waals surface area contributed by atoms with Gasteiger partial charge in [0, 0.05) is 11.9 Å². The fraction of sp³-hybridized carbons (Fsp3) is 0.368. The maximum atomic E-state index is 11.9. The highest BCUT2D eigenvalue weighted by atomic mass is 16.6. The van der Waals surface area contributed by atoms with Crippen molar-refractivity contribution in [3.8, 4) is 6.07 Å². The Balaban J connectivity index is 1.84. The van der Waals surface area contributed by atoms with Crippen LogP contribution in [-0.2, 0) is 4.84 Å². The number of carbonyl (C=O) groups excluding carboxylic acids is 1. The minimum atomic E-state index is -0.558. The summed E-state index contributed by atoms with van der Waals surface area (Å²) >= 11 is 0. The molecule has 8 heteroatoms. The van der Waals surface area contributed by atoms with Gasteiger partial charge in [0.1, 0.15) is 12.7 Å². The van der Waals surface area contributed by atoms with Gasteiger partial charge < -0.3 is 15.9 Å². The van der Waals surface area contributed by atoms with Crippen LogP contribution < -0.4 is 11.1 Å². The molecule has 1 aliphatic rings. The average molecular weight is 366 g/mol. The van der Waals surface area contributed by atoms with Gasteiger partial charge in [0.15, 0.2) is 5.82 Å². The highest BCUT2D eigenvalue weighted by Crippen LogP contribution is 2.34. The lowest BCUT2D eigenvalue weighted by Gasteiger charge is -2.26. The number of nitrogens with zero attached hydrogens (tertiary/aromatic N) is 4. The Morgan fingerprint density at radius 2 is 2.15 bits per heavy atom. The van der Waals surface area contributed by atoms with Gasteiger partial charge in [-0.3, -0.25) is 9.48 Å². The molecule has 2 unspecified atom stereocenters. The first-order chi connectivity index (χ1) is 13.1. The van der Waals surface area contributed by atoms with Crippen LogP contribution in [0.15, 0.2) is 35.6 Å².